The zero-order valence-corrected chi connectivity index (χ0v) is 25.6. The molecule has 0 spiro atoms. The van der Waals surface area contributed by atoms with E-state index in [0.717, 1.165) is 42.3 Å². The minimum atomic E-state index is -4.62. The van der Waals surface area contributed by atoms with Gasteiger partial charge in [0.25, 0.3) is 11.5 Å². The highest BCUT2D eigenvalue weighted by Crippen LogP contribution is 2.37. The first-order chi connectivity index (χ1) is 21.0. The molecule has 7 rings (SSSR count). The Bertz CT molecular complexity index is 1990. The number of carbonyl (C=O) groups excluding carboxylic acids is 1. The van der Waals surface area contributed by atoms with Crippen LogP contribution >= 0.6 is 15.9 Å². The summed E-state index contributed by atoms with van der Waals surface area (Å²) in [5.41, 5.74) is 3.15. The van der Waals surface area contributed by atoms with Gasteiger partial charge >= 0.3 is 6.18 Å². The van der Waals surface area contributed by atoms with Crippen molar-refractivity contribution in [2.75, 3.05) is 0 Å². The van der Waals surface area contributed by atoms with Gasteiger partial charge in [-0.05, 0) is 81.0 Å². The number of hydrogen-bond donors (Lipinski definition) is 0. The molecule has 1 saturated carbocycles. The van der Waals surface area contributed by atoms with Crippen molar-refractivity contribution in [1.29, 1.82) is 0 Å². The third-order valence-electron chi connectivity index (χ3n) is 8.64. The van der Waals surface area contributed by atoms with Gasteiger partial charge in [0.15, 0.2) is 0 Å². The number of carbonyl (C=O) groups is 1. The zero-order chi connectivity index (χ0) is 30.9. The molecule has 0 N–H and O–H groups in total. The van der Waals surface area contributed by atoms with Gasteiger partial charge in [-0.25, -0.2) is 9.50 Å². The van der Waals surface area contributed by atoms with E-state index in [1.165, 1.54) is 17.0 Å². The third-order valence-corrected chi connectivity index (χ3v) is 9.33. The van der Waals surface area contributed by atoms with Gasteiger partial charge in [0.05, 0.1) is 29.7 Å². The van der Waals surface area contributed by atoms with Crippen LogP contribution in [0.2, 0.25) is 0 Å². The van der Waals surface area contributed by atoms with Gasteiger partial charge in [-0.3, -0.25) is 14.2 Å². The molecule has 2 aromatic carbocycles. The molecule has 226 valence electrons. The van der Waals surface area contributed by atoms with Gasteiger partial charge in [-0.15, -0.1) is 0 Å². The number of halogens is 4. The van der Waals surface area contributed by atoms with E-state index in [-0.39, 0.29) is 28.6 Å². The van der Waals surface area contributed by atoms with Crippen molar-refractivity contribution in [2.45, 2.75) is 51.4 Å². The van der Waals surface area contributed by atoms with Crippen molar-refractivity contribution in [3.63, 3.8) is 0 Å². The summed E-state index contributed by atoms with van der Waals surface area (Å²) in [6.07, 6.45) is 4.05. The van der Waals surface area contributed by atoms with Crippen molar-refractivity contribution in [3.05, 3.63) is 104 Å². The van der Waals surface area contributed by atoms with Crippen molar-refractivity contribution in [3.8, 4) is 17.1 Å². The van der Waals surface area contributed by atoms with Gasteiger partial charge < -0.3 is 9.47 Å². The first-order valence-electron chi connectivity index (χ1n) is 14.4. The van der Waals surface area contributed by atoms with Crippen LogP contribution in [0.5, 0.6) is 0 Å². The van der Waals surface area contributed by atoms with Crippen LogP contribution in [0.15, 0.2) is 70.3 Å². The number of hydrogen-bond acceptors (Lipinski definition) is 4. The normalized spacial score (nSPS) is 16.9. The minimum absolute atomic E-state index is 0.0436. The molecule has 8 nitrogen and oxygen atoms in total. The van der Waals surface area contributed by atoms with Crippen LogP contribution in [-0.2, 0) is 32.6 Å². The third kappa shape index (κ3) is 4.85. The summed E-state index contributed by atoms with van der Waals surface area (Å²) in [5.74, 6) is 0.811. The summed E-state index contributed by atoms with van der Waals surface area (Å²) in [6.45, 7) is 1.85. The molecule has 3 aromatic heterocycles. The molecule has 0 radical (unpaired) electrons. The highest BCUT2D eigenvalue weighted by Gasteiger charge is 2.37. The number of fused-ring (bicyclic) bond motifs is 3. The summed E-state index contributed by atoms with van der Waals surface area (Å²) in [7, 11) is 1.92. The average molecular weight is 666 g/mol. The molecule has 1 fully saturated rings. The monoisotopic (exact) mass is 664 g/mol. The number of nitrogens with zero attached hydrogens (tertiary/aromatic N) is 6. The van der Waals surface area contributed by atoms with Gasteiger partial charge in [-0.2, -0.15) is 18.3 Å². The van der Waals surface area contributed by atoms with Crippen molar-refractivity contribution >= 4 is 27.5 Å². The minimum Gasteiger partial charge on any atom is -0.334 e. The number of aryl methyl sites for hydroxylation is 1. The van der Waals surface area contributed by atoms with Gasteiger partial charge in [0, 0.05) is 52.2 Å². The van der Waals surface area contributed by atoms with Crippen molar-refractivity contribution in [1.82, 2.24) is 28.6 Å². The van der Waals surface area contributed by atoms with E-state index in [9.17, 15) is 22.8 Å². The molecule has 12 heteroatoms. The van der Waals surface area contributed by atoms with E-state index in [2.05, 4.69) is 20.9 Å². The fourth-order valence-electron chi connectivity index (χ4n) is 6.12. The van der Waals surface area contributed by atoms with Crippen LogP contribution in [0.1, 0.15) is 52.5 Å². The maximum atomic E-state index is 14.3. The maximum absolute atomic E-state index is 14.3. The standard InChI is InChI=1S/C32H28BrF3N6O2/c1-18-13-24-27(17-40(18)30(43)21-7-10-26(33)25(15-21)32(34,35)36)42-29(22(16-38-42)14-19-3-4-19)41(31(24)44)23-8-5-20(6-9-23)28-37-11-12-39(28)2/h5-12,15-16,18-19H,3-4,13-14,17H2,1-2H3/t18-/m0/s1. The summed E-state index contributed by atoms with van der Waals surface area (Å²) in [6, 6.07) is 10.7. The SMILES string of the molecule is C[C@H]1Cc2c(n3ncc(CC4CC4)c3n(-c3ccc(-c4nccn4C)cc3)c2=O)CN1C(=O)c1ccc(Br)c(C(F)(F)F)c1. The van der Waals surface area contributed by atoms with Gasteiger partial charge in [0.1, 0.15) is 11.5 Å². The highest BCUT2D eigenvalue weighted by atomic mass is 79.9. The molecule has 2 aliphatic rings. The second-order valence-electron chi connectivity index (χ2n) is 11.7. The summed E-state index contributed by atoms with van der Waals surface area (Å²) < 4.78 is 46.1. The molecule has 5 aromatic rings. The molecule has 0 unspecified atom stereocenters. The predicted octanol–water partition coefficient (Wildman–Crippen LogP) is 6.21. The lowest BCUT2D eigenvalue weighted by Gasteiger charge is -2.35. The second-order valence-corrected chi connectivity index (χ2v) is 12.6. The lowest BCUT2D eigenvalue weighted by Crippen LogP contribution is -2.46. The number of imidazole rings is 1. The lowest BCUT2D eigenvalue weighted by atomic mass is 9.97. The van der Waals surface area contributed by atoms with E-state index in [0.29, 0.717) is 28.5 Å². The van der Waals surface area contributed by atoms with Gasteiger partial charge in [-0.1, -0.05) is 15.9 Å². The Kier molecular flexibility index (Phi) is 6.80. The first kappa shape index (κ1) is 28.6. The molecule has 44 heavy (non-hydrogen) atoms. The molecule has 1 atom stereocenters. The van der Waals surface area contributed by atoms with Crippen LogP contribution < -0.4 is 5.56 Å². The van der Waals surface area contributed by atoms with E-state index in [4.69, 9.17) is 5.10 Å². The number of aromatic nitrogens is 5. The van der Waals surface area contributed by atoms with E-state index in [1.54, 1.807) is 21.5 Å². The van der Waals surface area contributed by atoms with Gasteiger partial charge in [0.2, 0.25) is 0 Å². The molecule has 1 amide bonds. The fourth-order valence-corrected chi connectivity index (χ4v) is 6.59. The Morgan fingerprint density at radius 3 is 2.52 bits per heavy atom. The Morgan fingerprint density at radius 1 is 1.11 bits per heavy atom. The Labute approximate surface area is 258 Å². The van der Waals surface area contributed by atoms with Crippen LogP contribution in [-0.4, -0.2) is 40.6 Å². The number of benzene rings is 2. The number of amides is 1. The molecule has 0 saturated heterocycles. The Morgan fingerprint density at radius 2 is 1.86 bits per heavy atom. The fraction of sp³-hybridized carbons (Fsp3) is 0.312. The maximum Gasteiger partial charge on any atom is 0.417 e. The van der Waals surface area contributed by atoms with E-state index in [1.807, 2.05) is 49.0 Å². The lowest BCUT2D eigenvalue weighted by molar-refractivity contribution is -0.138. The Hall–Kier alpha value is -4.19. The molecule has 1 aliphatic heterocycles. The molecular weight excluding hydrogens is 637 g/mol. The zero-order valence-electron chi connectivity index (χ0n) is 24.0. The summed E-state index contributed by atoms with van der Waals surface area (Å²) in [5, 5.41) is 4.71. The van der Waals surface area contributed by atoms with Crippen molar-refractivity contribution < 1.29 is 18.0 Å². The predicted molar refractivity (Wildman–Crippen MR) is 162 cm³/mol. The van der Waals surface area contributed by atoms with Crippen LogP contribution in [0.25, 0.3) is 22.7 Å². The van der Waals surface area contributed by atoms with Crippen LogP contribution in [0.3, 0.4) is 0 Å². The highest BCUT2D eigenvalue weighted by molar-refractivity contribution is 9.10. The summed E-state index contributed by atoms with van der Waals surface area (Å²) in [4.78, 5) is 33.9. The number of rotatable bonds is 5. The molecule has 1 aliphatic carbocycles. The molecule has 4 heterocycles. The van der Waals surface area contributed by atoms with E-state index >= 15 is 0 Å². The van der Waals surface area contributed by atoms with Crippen molar-refractivity contribution in [2.24, 2.45) is 13.0 Å². The van der Waals surface area contributed by atoms with E-state index < -0.39 is 23.7 Å². The summed E-state index contributed by atoms with van der Waals surface area (Å²) >= 11 is 2.95. The smallest absolute Gasteiger partial charge is 0.334 e. The average Bonchev–Trinajstić information content (AvgIpc) is 3.56. The van der Waals surface area contributed by atoms with Crippen LogP contribution in [0, 0.1) is 5.92 Å². The first-order valence-corrected chi connectivity index (χ1v) is 15.2. The number of alkyl halides is 3. The largest absolute Gasteiger partial charge is 0.417 e. The Balaban J connectivity index is 1.33. The molecule has 0 bridgehead atoms. The molecular formula is C32H28BrF3N6O2. The topological polar surface area (TPSA) is 77.4 Å². The second kappa shape index (κ2) is 10.5. The quantitative estimate of drug-likeness (QED) is 0.224. The van der Waals surface area contributed by atoms with Crippen LogP contribution in [0.4, 0.5) is 13.2 Å².